The molecule has 94 valence electrons. The van der Waals surface area contributed by atoms with Crippen LogP contribution in [0.15, 0.2) is 0 Å². The van der Waals surface area contributed by atoms with Crippen molar-refractivity contribution in [1.82, 2.24) is 10.2 Å². The summed E-state index contributed by atoms with van der Waals surface area (Å²) in [5.74, 6) is 0.856. The third-order valence-corrected chi connectivity index (χ3v) is 3.92. The number of hydrogen-bond acceptors (Lipinski definition) is 3. The van der Waals surface area contributed by atoms with Crippen LogP contribution in [0.5, 0.6) is 0 Å². The summed E-state index contributed by atoms with van der Waals surface area (Å²) < 4.78 is 5.98. The zero-order valence-electron chi connectivity index (χ0n) is 11.0. The Hall–Kier alpha value is -0.120. The highest BCUT2D eigenvalue weighted by Crippen LogP contribution is 2.26. The molecular formula is C13H26N2O. The first-order valence-electron chi connectivity index (χ1n) is 6.72. The zero-order valence-corrected chi connectivity index (χ0v) is 11.0. The standard InChI is InChI=1S/C13H26N2O/c1-4-15-7-5-11(6-8-15)9-12-14-10-13(2,3)16-12/h11-12,14H,4-10H2,1-3H3. The van der Waals surface area contributed by atoms with E-state index in [1.807, 2.05) is 0 Å². The highest BCUT2D eigenvalue weighted by atomic mass is 16.5. The Morgan fingerprint density at radius 1 is 1.31 bits per heavy atom. The van der Waals surface area contributed by atoms with Crippen LogP contribution in [0.1, 0.15) is 40.0 Å². The lowest BCUT2D eigenvalue weighted by molar-refractivity contribution is -0.0283. The van der Waals surface area contributed by atoms with Gasteiger partial charge in [-0.1, -0.05) is 6.92 Å². The molecule has 2 heterocycles. The van der Waals surface area contributed by atoms with E-state index >= 15 is 0 Å². The smallest absolute Gasteiger partial charge is 0.109 e. The second-order valence-electron chi connectivity index (χ2n) is 5.86. The second-order valence-corrected chi connectivity index (χ2v) is 5.86. The summed E-state index contributed by atoms with van der Waals surface area (Å²) in [5, 5.41) is 3.48. The quantitative estimate of drug-likeness (QED) is 0.794. The third-order valence-electron chi connectivity index (χ3n) is 3.92. The zero-order chi connectivity index (χ0) is 11.6. The molecule has 0 bridgehead atoms. The van der Waals surface area contributed by atoms with Gasteiger partial charge in [0.2, 0.25) is 0 Å². The van der Waals surface area contributed by atoms with Crippen molar-refractivity contribution in [2.24, 2.45) is 5.92 Å². The van der Waals surface area contributed by atoms with Gasteiger partial charge in [-0.25, -0.2) is 0 Å². The first-order chi connectivity index (χ1) is 7.59. The van der Waals surface area contributed by atoms with E-state index in [1.54, 1.807) is 0 Å². The number of likely N-dealkylation sites (tertiary alicyclic amines) is 1. The molecule has 0 radical (unpaired) electrons. The Balaban J connectivity index is 1.71. The van der Waals surface area contributed by atoms with Crippen LogP contribution in [0.3, 0.4) is 0 Å². The van der Waals surface area contributed by atoms with E-state index in [2.05, 4.69) is 31.0 Å². The molecule has 1 N–H and O–H groups in total. The van der Waals surface area contributed by atoms with E-state index in [-0.39, 0.29) is 5.60 Å². The van der Waals surface area contributed by atoms with Gasteiger partial charge in [0.25, 0.3) is 0 Å². The molecule has 16 heavy (non-hydrogen) atoms. The monoisotopic (exact) mass is 226 g/mol. The van der Waals surface area contributed by atoms with E-state index < -0.39 is 0 Å². The van der Waals surface area contributed by atoms with Gasteiger partial charge >= 0.3 is 0 Å². The lowest BCUT2D eigenvalue weighted by Gasteiger charge is -2.32. The maximum Gasteiger partial charge on any atom is 0.109 e. The van der Waals surface area contributed by atoms with Crippen molar-refractivity contribution in [3.05, 3.63) is 0 Å². The summed E-state index contributed by atoms with van der Waals surface area (Å²) in [6, 6.07) is 0. The van der Waals surface area contributed by atoms with E-state index in [0.29, 0.717) is 6.23 Å². The summed E-state index contributed by atoms with van der Waals surface area (Å²) >= 11 is 0. The lowest BCUT2D eigenvalue weighted by atomic mass is 9.93. The molecule has 0 aromatic carbocycles. The van der Waals surface area contributed by atoms with Crippen molar-refractivity contribution in [2.75, 3.05) is 26.2 Å². The van der Waals surface area contributed by atoms with Crippen LogP contribution < -0.4 is 5.32 Å². The molecule has 2 saturated heterocycles. The molecule has 1 unspecified atom stereocenters. The summed E-state index contributed by atoms with van der Waals surface area (Å²) in [6.45, 7) is 11.3. The molecule has 0 amide bonds. The highest BCUT2D eigenvalue weighted by molar-refractivity contribution is 4.83. The van der Waals surface area contributed by atoms with Crippen molar-refractivity contribution in [3.8, 4) is 0 Å². The maximum absolute atomic E-state index is 5.98. The molecule has 0 saturated carbocycles. The Labute approximate surface area is 99.5 Å². The normalized spacial score (nSPS) is 32.1. The van der Waals surface area contributed by atoms with Crippen LogP contribution >= 0.6 is 0 Å². The molecule has 3 heteroatoms. The molecule has 2 aliphatic heterocycles. The Bertz CT molecular complexity index is 222. The van der Waals surface area contributed by atoms with Gasteiger partial charge in [0.15, 0.2) is 0 Å². The van der Waals surface area contributed by atoms with E-state index in [4.69, 9.17) is 4.74 Å². The Kier molecular flexibility index (Phi) is 3.88. The average molecular weight is 226 g/mol. The van der Waals surface area contributed by atoms with Crippen molar-refractivity contribution in [1.29, 1.82) is 0 Å². The summed E-state index contributed by atoms with van der Waals surface area (Å²) in [4.78, 5) is 2.55. The van der Waals surface area contributed by atoms with Gasteiger partial charge in [-0.05, 0) is 58.7 Å². The van der Waals surface area contributed by atoms with Gasteiger partial charge in [-0.3, -0.25) is 5.32 Å². The summed E-state index contributed by atoms with van der Waals surface area (Å²) in [5.41, 5.74) is 0.0365. The molecule has 2 rings (SSSR count). The van der Waals surface area contributed by atoms with Crippen molar-refractivity contribution in [3.63, 3.8) is 0 Å². The molecule has 1 atom stereocenters. The van der Waals surface area contributed by atoms with Gasteiger partial charge in [0.1, 0.15) is 6.23 Å². The molecule has 0 aliphatic carbocycles. The predicted molar refractivity (Wildman–Crippen MR) is 66.4 cm³/mol. The van der Waals surface area contributed by atoms with Gasteiger partial charge in [0, 0.05) is 6.54 Å². The Morgan fingerprint density at radius 3 is 2.50 bits per heavy atom. The SMILES string of the molecule is CCN1CCC(CC2NCC(C)(C)O2)CC1. The number of rotatable bonds is 3. The largest absolute Gasteiger partial charge is 0.356 e. The van der Waals surface area contributed by atoms with Gasteiger partial charge < -0.3 is 9.64 Å². The fraction of sp³-hybridized carbons (Fsp3) is 1.00. The first-order valence-corrected chi connectivity index (χ1v) is 6.72. The van der Waals surface area contributed by atoms with Crippen molar-refractivity contribution < 1.29 is 4.74 Å². The van der Waals surface area contributed by atoms with Crippen molar-refractivity contribution in [2.45, 2.75) is 51.9 Å². The number of nitrogens with one attached hydrogen (secondary N) is 1. The second kappa shape index (κ2) is 5.03. The molecule has 2 fully saturated rings. The van der Waals surface area contributed by atoms with Crippen LogP contribution in [-0.2, 0) is 4.74 Å². The minimum absolute atomic E-state index is 0.0365. The summed E-state index contributed by atoms with van der Waals surface area (Å²) in [7, 11) is 0. The first kappa shape index (κ1) is 12.3. The van der Waals surface area contributed by atoms with Crippen molar-refractivity contribution >= 4 is 0 Å². The number of hydrogen-bond donors (Lipinski definition) is 1. The fourth-order valence-electron chi connectivity index (χ4n) is 2.80. The minimum Gasteiger partial charge on any atom is -0.356 e. The highest BCUT2D eigenvalue weighted by Gasteiger charge is 2.33. The summed E-state index contributed by atoms with van der Waals surface area (Å²) in [6.07, 6.45) is 4.18. The maximum atomic E-state index is 5.98. The van der Waals surface area contributed by atoms with Crippen LogP contribution in [0.25, 0.3) is 0 Å². The molecule has 2 aliphatic rings. The minimum atomic E-state index is 0.0365. The topological polar surface area (TPSA) is 24.5 Å². The average Bonchev–Trinajstić information content (AvgIpc) is 2.59. The lowest BCUT2D eigenvalue weighted by Crippen LogP contribution is -2.36. The molecule has 0 aromatic heterocycles. The van der Waals surface area contributed by atoms with Crippen LogP contribution in [0.2, 0.25) is 0 Å². The predicted octanol–water partition coefficient (Wildman–Crippen LogP) is 1.83. The van der Waals surface area contributed by atoms with E-state index in [9.17, 15) is 0 Å². The van der Waals surface area contributed by atoms with Crippen LogP contribution in [0, 0.1) is 5.92 Å². The van der Waals surface area contributed by atoms with Crippen LogP contribution in [-0.4, -0.2) is 42.9 Å². The molecule has 3 nitrogen and oxygen atoms in total. The van der Waals surface area contributed by atoms with E-state index in [1.165, 1.54) is 38.9 Å². The van der Waals surface area contributed by atoms with Crippen LogP contribution in [0.4, 0.5) is 0 Å². The van der Waals surface area contributed by atoms with Gasteiger partial charge in [0.05, 0.1) is 5.60 Å². The molecular weight excluding hydrogens is 200 g/mol. The fourth-order valence-corrected chi connectivity index (χ4v) is 2.80. The van der Waals surface area contributed by atoms with Gasteiger partial charge in [-0.15, -0.1) is 0 Å². The number of nitrogens with zero attached hydrogens (tertiary/aromatic N) is 1. The Morgan fingerprint density at radius 2 is 2.00 bits per heavy atom. The number of piperidine rings is 1. The molecule has 0 aromatic rings. The van der Waals surface area contributed by atoms with E-state index in [0.717, 1.165) is 12.5 Å². The van der Waals surface area contributed by atoms with Gasteiger partial charge in [-0.2, -0.15) is 0 Å². The third kappa shape index (κ3) is 3.19. The molecule has 0 spiro atoms. The number of ether oxygens (including phenoxy) is 1.